The molecule has 1 aliphatic rings. The van der Waals surface area contributed by atoms with Crippen molar-refractivity contribution in [3.05, 3.63) is 58.9 Å². The van der Waals surface area contributed by atoms with Crippen LogP contribution >= 0.6 is 11.6 Å². The Labute approximate surface area is 142 Å². The molecule has 23 heavy (non-hydrogen) atoms. The lowest BCUT2D eigenvalue weighted by molar-refractivity contribution is 0.328. The molecule has 1 aliphatic carbocycles. The molecule has 0 amide bonds. The molecule has 0 bridgehead atoms. The Kier molecular flexibility index (Phi) is 4.45. The molecule has 0 unspecified atom stereocenters. The minimum atomic E-state index is -3.63. The van der Waals surface area contributed by atoms with Gasteiger partial charge >= 0.3 is 0 Å². The van der Waals surface area contributed by atoms with Gasteiger partial charge in [0.25, 0.3) is 0 Å². The van der Waals surface area contributed by atoms with Crippen LogP contribution in [0, 0.1) is 6.92 Å². The third-order valence-electron chi connectivity index (χ3n) is 4.18. The van der Waals surface area contributed by atoms with E-state index in [-0.39, 0.29) is 17.0 Å². The number of pyridine rings is 1. The monoisotopic (exact) mass is 350 g/mol. The van der Waals surface area contributed by atoms with Crippen LogP contribution in [0.5, 0.6) is 0 Å². The van der Waals surface area contributed by atoms with Crippen molar-refractivity contribution >= 4 is 21.6 Å². The highest BCUT2D eigenvalue weighted by Gasteiger charge is 2.42. The van der Waals surface area contributed by atoms with Crippen molar-refractivity contribution in [3.63, 3.8) is 0 Å². The summed E-state index contributed by atoms with van der Waals surface area (Å²) in [7, 11) is -3.63. The highest BCUT2D eigenvalue weighted by molar-refractivity contribution is 7.89. The molecular formula is C17H19ClN2O2S. The molecule has 0 spiro atoms. The first-order valence-corrected chi connectivity index (χ1v) is 9.44. The predicted octanol–water partition coefficient (Wildman–Crippen LogP) is 3.96. The first-order chi connectivity index (χ1) is 10.9. The first kappa shape index (κ1) is 16.4. The first-order valence-electron chi connectivity index (χ1n) is 7.62. The van der Waals surface area contributed by atoms with Gasteiger partial charge < -0.3 is 0 Å². The fourth-order valence-corrected chi connectivity index (χ4v) is 5.12. The van der Waals surface area contributed by atoms with E-state index in [9.17, 15) is 8.42 Å². The number of sulfonamides is 1. The molecular weight excluding hydrogens is 332 g/mol. The molecule has 0 N–H and O–H groups in total. The van der Waals surface area contributed by atoms with Gasteiger partial charge in [-0.1, -0.05) is 23.7 Å². The van der Waals surface area contributed by atoms with Gasteiger partial charge in [-0.2, -0.15) is 4.31 Å². The van der Waals surface area contributed by atoms with Crippen LogP contribution in [0.3, 0.4) is 0 Å². The van der Waals surface area contributed by atoms with Crippen molar-refractivity contribution in [2.75, 3.05) is 0 Å². The topological polar surface area (TPSA) is 50.3 Å². The van der Waals surface area contributed by atoms with Crippen LogP contribution in [0.25, 0.3) is 0 Å². The van der Waals surface area contributed by atoms with Gasteiger partial charge in [-0.05, 0) is 56.5 Å². The van der Waals surface area contributed by atoms with E-state index in [1.807, 2.05) is 25.1 Å². The number of halogens is 1. The van der Waals surface area contributed by atoms with Crippen LogP contribution in [0.15, 0.2) is 47.5 Å². The van der Waals surface area contributed by atoms with E-state index in [2.05, 4.69) is 4.98 Å². The molecule has 0 aliphatic heterocycles. The molecule has 1 saturated carbocycles. The molecule has 4 nitrogen and oxygen atoms in total. The van der Waals surface area contributed by atoms with Gasteiger partial charge in [0.1, 0.15) is 0 Å². The number of aromatic nitrogens is 1. The second kappa shape index (κ2) is 6.23. The Morgan fingerprint density at radius 3 is 2.57 bits per heavy atom. The van der Waals surface area contributed by atoms with Crippen LogP contribution in [0.2, 0.25) is 5.02 Å². The van der Waals surface area contributed by atoms with Gasteiger partial charge in [0.2, 0.25) is 10.0 Å². The van der Waals surface area contributed by atoms with Crippen molar-refractivity contribution in [1.29, 1.82) is 0 Å². The number of rotatable bonds is 5. The molecule has 0 radical (unpaired) electrons. The fraction of sp³-hybridized carbons (Fsp3) is 0.353. The molecule has 1 aromatic heterocycles. The Bertz CT molecular complexity index is 805. The molecule has 1 fully saturated rings. The summed E-state index contributed by atoms with van der Waals surface area (Å²) in [6, 6.07) is 10.3. The second-order valence-corrected chi connectivity index (χ2v) is 8.08. The molecule has 3 rings (SSSR count). The molecule has 0 saturated heterocycles. The van der Waals surface area contributed by atoms with E-state index < -0.39 is 10.0 Å². The summed E-state index contributed by atoms with van der Waals surface area (Å²) in [6.45, 7) is 3.63. The summed E-state index contributed by atoms with van der Waals surface area (Å²) in [4.78, 5) is 4.60. The molecule has 2 aromatic rings. The average Bonchev–Trinajstić information content (AvgIpc) is 3.35. The zero-order chi connectivity index (χ0) is 16.6. The molecule has 1 atom stereocenters. The van der Waals surface area contributed by atoms with Crippen molar-refractivity contribution in [2.45, 2.75) is 43.7 Å². The maximum atomic E-state index is 13.2. The summed E-state index contributed by atoms with van der Waals surface area (Å²) in [5.74, 6) is 0. The van der Waals surface area contributed by atoms with E-state index >= 15 is 0 Å². The van der Waals surface area contributed by atoms with E-state index in [4.69, 9.17) is 11.6 Å². The van der Waals surface area contributed by atoms with Crippen molar-refractivity contribution in [2.24, 2.45) is 0 Å². The molecule has 1 aromatic carbocycles. The van der Waals surface area contributed by atoms with Gasteiger partial charge in [-0.15, -0.1) is 0 Å². The lowest BCUT2D eigenvalue weighted by atomic mass is 10.2. The SMILES string of the molecule is Cc1c(Cl)cccc1S(=O)(=O)N(C1CC1)[C@@H](C)c1ccccn1. The van der Waals surface area contributed by atoms with Gasteiger partial charge in [0.05, 0.1) is 16.6 Å². The molecule has 1 heterocycles. The molecule has 6 heteroatoms. The van der Waals surface area contributed by atoms with Crippen LogP contribution in [0.1, 0.15) is 37.1 Å². The van der Waals surface area contributed by atoms with E-state index in [1.54, 1.807) is 35.6 Å². The third-order valence-corrected chi connectivity index (χ3v) is 6.75. The summed E-state index contributed by atoms with van der Waals surface area (Å²) in [6.07, 6.45) is 3.46. The standard InChI is InChI=1S/C17H19ClN2O2S/c1-12-15(18)6-5-8-17(12)23(21,22)20(14-9-10-14)13(2)16-7-3-4-11-19-16/h3-8,11,13-14H,9-10H2,1-2H3/t13-/m0/s1. The van der Waals surface area contributed by atoms with Crippen LogP contribution in [0.4, 0.5) is 0 Å². The van der Waals surface area contributed by atoms with Gasteiger partial charge in [-0.3, -0.25) is 4.98 Å². The van der Waals surface area contributed by atoms with E-state index in [0.29, 0.717) is 10.6 Å². The summed E-state index contributed by atoms with van der Waals surface area (Å²) in [5.41, 5.74) is 1.34. The second-order valence-electron chi connectivity index (χ2n) is 5.86. The third kappa shape index (κ3) is 3.13. The Morgan fingerprint density at radius 2 is 1.96 bits per heavy atom. The summed E-state index contributed by atoms with van der Waals surface area (Å²) < 4.78 is 28.1. The lowest BCUT2D eigenvalue weighted by Gasteiger charge is -2.28. The maximum Gasteiger partial charge on any atom is 0.244 e. The van der Waals surface area contributed by atoms with Crippen molar-refractivity contribution in [3.8, 4) is 0 Å². The normalized spacial score (nSPS) is 16.5. The quantitative estimate of drug-likeness (QED) is 0.820. The lowest BCUT2D eigenvalue weighted by Crippen LogP contribution is -2.36. The van der Waals surface area contributed by atoms with E-state index in [1.165, 1.54) is 0 Å². The maximum absolute atomic E-state index is 13.2. The van der Waals surface area contributed by atoms with Gasteiger partial charge in [-0.25, -0.2) is 8.42 Å². The van der Waals surface area contributed by atoms with Gasteiger partial charge in [0, 0.05) is 17.3 Å². The Morgan fingerprint density at radius 1 is 1.22 bits per heavy atom. The van der Waals surface area contributed by atoms with Crippen molar-refractivity contribution in [1.82, 2.24) is 9.29 Å². The Hall–Kier alpha value is -1.43. The fourth-order valence-electron chi connectivity index (χ4n) is 2.78. The number of nitrogens with zero attached hydrogens (tertiary/aromatic N) is 2. The van der Waals surface area contributed by atoms with E-state index in [0.717, 1.165) is 18.5 Å². The zero-order valence-corrected chi connectivity index (χ0v) is 14.7. The highest BCUT2D eigenvalue weighted by atomic mass is 35.5. The van der Waals surface area contributed by atoms with Gasteiger partial charge in [0.15, 0.2) is 0 Å². The number of hydrogen-bond acceptors (Lipinski definition) is 3. The highest BCUT2D eigenvalue weighted by Crippen LogP contribution is 2.39. The van der Waals surface area contributed by atoms with Crippen LogP contribution in [-0.2, 0) is 10.0 Å². The summed E-state index contributed by atoms with van der Waals surface area (Å²) in [5, 5.41) is 0.465. The average molecular weight is 351 g/mol. The predicted molar refractivity (Wildman–Crippen MR) is 90.9 cm³/mol. The van der Waals surface area contributed by atoms with Crippen LogP contribution in [-0.4, -0.2) is 23.7 Å². The van der Waals surface area contributed by atoms with Crippen LogP contribution < -0.4 is 0 Å². The minimum absolute atomic E-state index is 0.0374. The number of benzene rings is 1. The smallest absolute Gasteiger partial charge is 0.244 e. The molecule has 122 valence electrons. The number of hydrogen-bond donors (Lipinski definition) is 0. The van der Waals surface area contributed by atoms with Crippen molar-refractivity contribution < 1.29 is 8.42 Å². The zero-order valence-electron chi connectivity index (χ0n) is 13.1. The summed E-state index contributed by atoms with van der Waals surface area (Å²) >= 11 is 6.12. The largest absolute Gasteiger partial charge is 0.260 e. The minimum Gasteiger partial charge on any atom is -0.260 e. The Balaban J connectivity index is 2.06.